The Hall–Kier alpha value is -1.10. The van der Waals surface area contributed by atoms with E-state index in [1.165, 1.54) is 4.90 Å². The second-order valence-electron chi connectivity index (χ2n) is 2.27. The van der Waals surface area contributed by atoms with E-state index in [0.717, 1.165) is 0 Å². The lowest BCUT2D eigenvalue weighted by Crippen LogP contribution is -2.30. The summed E-state index contributed by atoms with van der Waals surface area (Å²) in [4.78, 5) is 22.7. The molecule has 5 nitrogen and oxygen atoms in total. The Bertz CT molecular complexity index is 199. The molecule has 0 spiro atoms. The molecule has 2 heterocycles. The lowest BCUT2D eigenvalue weighted by atomic mass is 10.5. The Labute approximate surface area is 56.9 Å². The van der Waals surface area contributed by atoms with E-state index in [0.29, 0.717) is 6.61 Å². The Morgan fingerprint density at radius 1 is 1.60 bits per heavy atom. The number of urea groups is 1. The molecular formula is C5H6N2O3. The van der Waals surface area contributed by atoms with E-state index in [-0.39, 0.29) is 24.7 Å². The maximum absolute atomic E-state index is 10.8. The first-order valence-electron chi connectivity index (χ1n) is 2.99. The summed E-state index contributed by atoms with van der Waals surface area (Å²) in [6, 6.07) is -0.340. The largest absolute Gasteiger partial charge is 0.351 e. The van der Waals surface area contributed by atoms with Crippen LogP contribution >= 0.6 is 0 Å². The topological polar surface area (TPSA) is 61.9 Å². The van der Waals surface area contributed by atoms with Crippen LogP contribution in [0.1, 0.15) is 0 Å². The predicted molar refractivity (Wildman–Crippen MR) is 30.0 cm³/mol. The van der Waals surface area contributed by atoms with Crippen LogP contribution in [0.3, 0.4) is 0 Å². The molecule has 2 saturated heterocycles. The van der Waals surface area contributed by atoms with E-state index in [2.05, 4.69) is 5.32 Å². The highest BCUT2D eigenvalue weighted by atomic mass is 16.6. The van der Waals surface area contributed by atoms with E-state index in [1.54, 1.807) is 0 Å². The van der Waals surface area contributed by atoms with Gasteiger partial charge in [0, 0.05) is 0 Å². The van der Waals surface area contributed by atoms with Gasteiger partial charge in [-0.05, 0) is 0 Å². The Morgan fingerprint density at radius 2 is 2.30 bits per heavy atom. The lowest BCUT2D eigenvalue weighted by Gasteiger charge is -2.06. The molecule has 5 heteroatoms. The normalized spacial score (nSPS) is 30.8. The van der Waals surface area contributed by atoms with Gasteiger partial charge in [0.05, 0.1) is 6.61 Å². The minimum absolute atomic E-state index is 0.142. The molecule has 0 bridgehead atoms. The zero-order chi connectivity index (χ0) is 7.14. The Balaban J connectivity index is 2.08. The summed E-state index contributed by atoms with van der Waals surface area (Å²) >= 11 is 0. The van der Waals surface area contributed by atoms with Crippen LogP contribution in [0.25, 0.3) is 0 Å². The van der Waals surface area contributed by atoms with E-state index in [4.69, 9.17) is 4.74 Å². The molecular weight excluding hydrogens is 136 g/mol. The van der Waals surface area contributed by atoms with Crippen LogP contribution in [0.5, 0.6) is 0 Å². The number of epoxide rings is 1. The number of imide groups is 1. The molecule has 1 N–H and O–H groups in total. The number of rotatable bonds is 1. The molecule has 0 aromatic rings. The maximum Gasteiger partial charge on any atom is 0.326 e. The smallest absolute Gasteiger partial charge is 0.326 e. The fourth-order valence-electron chi connectivity index (χ4n) is 0.913. The van der Waals surface area contributed by atoms with Gasteiger partial charge in [0.15, 0.2) is 6.23 Å². The first-order chi connectivity index (χ1) is 4.77. The highest BCUT2D eigenvalue weighted by molar-refractivity contribution is 6.02. The van der Waals surface area contributed by atoms with Crippen molar-refractivity contribution in [2.75, 3.05) is 13.2 Å². The summed E-state index contributed by atoms with van der Waals surface area (Å²) in [5.41, 5.74) is 0. The Morgan fingerprint density at radius 3 is 2.70 bits per heavy atom. The molecule has 10 heavy (non-hydrogen) atoms. The molecule has 1 atom stereocenters. The average Bonchev–Trinajstić information content (AvgIpc) is 2.61. The summed E-state index contributed by atoms with van der Waals surface area (Å²) in [7, 11) is 0. The lowest BCUT2D eigenvalue weighted by molar-refractivity contribution is -0.118. The standard InChI is InChI=1S/C5H6N2O3/c8-3-1-7(4-2-10-4)5(9)6-3/h4H,1-2H2,(H,6,8,9). The quantitative estimate of drug-likeness (QED) is 0.373. The van der Waals surface area contributed by atoms with Crippen molar-refractivity contribution in [2.45, 2.75) is 6.23 Å². The molecule has 0 aliphatic carbocycles. The summed E-state index contributed by atoms with van der Waals surface area (Å²) in [5, 5.41) is 2.16. The molecule has 2 aliphatic heterocycles. The predicted octanol–water partition coefficient (Wildman–Crippen LogP) is -1.11. The van der Waals surface area contributed by atoms with Crippen LogP contribution in [-0.4, -0.2) is 36.2 Å². The van der Waals surface area contributed by atoms with Crippen molar-refractivity contribution in [3.8, 4) is 0 Å². The SMILES string of the molecule is O=C1CN(C2CO2)C(=O)N1. The molecule has 2 fully saturated rings. The Kier molecular flexibility index (Phi) is 0.960. The van der Waals surface area contributed by atoms with Gasteiger partial charge in [-0.1, -0.05) is 0 Å². The molecule has 1 unspecified atom stereocenters. The molecule has 0 aromatic carbocycles. The fourth-order valence-corrected chi connectivity index (χ4v) is 0.913. The second kappa shape index (κ2) is 1.69. The molecule has 2 aliphatic rings. The van der Waals surface area contributed by atoms with Gasteiger partial charge in [-0.15, -0.1) is 0 Å². The molecule has 2 rings (SSSR count). The number of carbonyl (C=O) groups excluding carboxylic acids is 2. The van der Waals surface area contributed by atoms with Gasteiger partial charge in [-0.2, -0.15) is 0 Å². The summed E-state index contributed by atoms with van der Waals surface area (Å²) in [5.74, 6) is -0.250. The van der Waals surface area contributed by atoms with Crippen LogP contribution in [0, 0.1) is 0 Å². The number of amides is 3. The van der Waals surface area contributed by atoms with Crippen molar-refractivity contribution in [2.24, 2.45) is 0 Å². The summed E-state index contributed by atoms with van der Waals surface area (Å²) in [6.07, 6.45) is -0.147. The van der Waals surface area contributed by atoms with Gasteiger partial charge in [0.1, 0.15) is 6.54 Å². The van der Waals surface area contributed by atoms with Crippen molar-refractivity contribution >= 4 is 11.9 Å². The first kappa shape index (κ1) is 5.67. The van der Waals surface area contributed by atoms with E-state index in [9.17, 15) is 9.59 Å². The van der Waals surface area contributed by atoms with Gasteiger partial charge in [0.2, 0.25) is 5.91 Å². The maximum atomic E-state index is 10.8. The monoisotopic (exact) mass is 142 g/mol. The molecule has 0 radical (unpaired) electrons. The van der Waals surface area contributed by atoms with Crippen molar-refractivity contribution in [3.63, 3.8) is 0 Å². The van der Waals surface area contributed by atoms with Crippen LogP contribution in [0.4, 0.5) is 4.79 Å². The third-order valence-electron chi connectivity index (χ3n) is 1.48. The number of carbonyl (C=O) groups is 2. The van der Waals surface area contributed by atoms with E-state index in [1.807, 2.05) is 0 Å². The fraction of sp³-hybridized carbons (Fsp3) is 0.600. The summed E-state index contributed by atoms with van der Waals surface area (Å²) < 4.78 is 4.82. The van der Waals surface area contributed by atoms with Crippen molar-refractivity contribution in [1.29, 1.82) is 0 Å². The number of ether oxygens (including phenoxy) is 1. The average molecular weight is 142 g/mol. The van der Waals surface area contributed by atoms with Crippen LogP contribution in [-0.2, 0) is 9.53 Å². The summed E-state index contributed by atoms with van der Waals surface area (Å²) in [6.45, 7) is 0.699. The number of nitrogens with one attached hydrogen (secondary N) is 1. The number of hydrogen-bond acceptors (Lipinski definition) is 3. The van der Waals surface area contributed by atoms with Gasteiger partial charge < -0.3 is 4.74 Å². The van der Waals surface area contributed by atoms with Gasteiger partial charge >= 0.3 is 6.03 Å². The van der Waals surface area contributed by atoms with E-state index >= 15 is 0 Å². The van der Waals surface area contributed by atoms with Crippen LogP contribution in [0.2, 0.25) is 0 Å². The third kappa shape index (κ3) is 0.750. The van der Waals surface area contributed by atoms with Crippen molar-refractivity contribution in [1.82, 2.24) is 10.2 Å². The molecule has 54 valence electrons. The second-order valence-corrected chi connectivity index (χ2v) is 2.27. The van der Waals surface area contributed by atoms with Crippen LogP contribution < -0.4 is 5.32 Å². The zero-order valence-electron chi connectivity index (χ0n) is 5.16. The van der Waals surface area contributed by atoms with Gasteiger partial charge in [-0.3, -0.25) is 15.0 Å². The van der Waals surface area contributed by atoms with Gasteiger partial charge in [-0.25, -0.2) is 4.79 Å². The van der Waals surface area contributed by atoms with Crippen molar-refractivity contribution < 1.29 is 14.3 Å². The highest BCUT2D eigenvalue weighted by Crippen LogP contribution is 2.16. The molecule has 3 amide bonds. The molecule has 0 aromatic heterocycles. The third-order valence-corrected chi connectivity index (χ3v) is 1.48. The van der Waals surface area contributed by atoms with E-state index < -0.39 is 0 Å². The van der Waals surface area contributed by atoms with Crippen LogP contribution in [0.15, 0.2) is 0 Å². The van der Waals surface area contributed by atoms with Crippen molar-refractivity contribution in [3.05, 3.63) is 0 Å². The molecule has 0 saturated carbocycles. The first-order valence-corrected chi connectivity index (χ1v) is 2.99. The zero-order valence-corrected chi connectivity index (χ0v) is 5.16. The minimum atomic E-state index is -0.340. The van der Waals surface area contributed by atoms with Gasteiger partial charge in [0.25, 0.3) is 0 Å². The minimum Gasteiger partial charge on any atom is -0.351 e. The highest BCUT2D eigenvalue weighted by Gasteiger charge is 2.39. The number of hydrogen-bond donors (Lipinski definition) is 1. The number of nitrogens with zero attached hydrogens (tertiary/aromatic N) is 1.